The van der Waals surface area contributed by atoms with Crippen molar-refractivity contribution in [1.29, 1.82) is 0 Å². The maximum Gasteiger partial charge on any atom is 0.326 e. The van der Waals surface area contributed by atoms with E-state index in [2.05, 4.69) is 5.32 Å². The van der Waals surface area contributed by atoms with Crippen molar-refractivity contribution in [2.24, 2.45) is 5.92 Å². The number of hydrogen-bond donors (Lipinski definition) is 2. The Kier molecular flexibility index (Phi) is 7.77. The van der Waals surface area contributed by atoms with Gasteiger partial charge in [0.1, 0.15) is 6.04 Å². The van der Waals surface area contributed by atoms with E-state index in [4.69, 9.17) is 0 Å². The lowest BCUT2D eigenvalue weighted by atomic mass is 9.98. The first-order valence-electron chi connectivity index (χ1n) is 8.74. The van der Waals surface area contributed by atoms with Crippen LogP contribution in [0.5, 0.6) is 0 Å². The number of carbonyl (C=O) groups is 2. The van der Waals surface area contributed by atoms with Crippen LogP contribution >= 0.6 is 0 Å². The molecule has 0 saturated heterocycles. The molecule has 0 aliphatic heterocycles. The molecule has 0 aliphatic carbocycles. The SMILES string of the molecule is CCC(C)C(NC(=O)c1cc(S(=O)(=O)N(CC)CC)ccc1C)C(=O)O. The fourth-order valence-electron chi connectivity index (χ4n) is 2.62. The van der Waals surface area contributed by atoms with Crippen molar-refractivity contribution in [3.8, 4) is 0 Å². The molecular weight excluding hydrogens is 356 g/mol. The largest absolute Gasteiger partial charge is 0.480 e. The zero-order valence-corrected chi connectivity index (χ0v) is 16.8. The van der Waals surface area contributed by atoms with Crippen LogP contribution in [-0.4, -0.2) is 48.8 Å². The van der Waals surface area contributed by atoms with Crippen LogP contribution in [0.1, 0.15) is 50.0 Å². The van der Waals surface area contributed by atoms with Gasteiger partial charge in [0.15, 0.2) is 0 Å². The Balaban J connectivity index is 3.25. The molecule has 146 valence electrons. The molecule has 1 aromatic carbocycles. The zero-order valence-electron chi connectivity index (χ0n) is 15.9. The van der Waals surface area contributed by atoms with Gasteiger partial charge in [-0.3, -0.25) is 4.79 Å². The normalized spacial score (nSPS) is 14.1. The molecule has 1 aromatic rings. The molecule has 2 unspecified atom stereocenters. The molecule has 26 heavy (non-hydrogen) atoms. The summed E-state index contributed by atoms with van der Waals surface area (Å²) in [4.78, 5) is 24.1. The summed E-state index contributed by atoms with van der Waals surface area (Å²) in [6.07, 6.45) is 0.590. The Bertz CT molecular complexity index is 757. The molecule has 0 saturated carbocycles. The molecule has 1 rings (SSSR count). The van der Waals surface area contributed by atoms with Crippen molar-refractivity contribution < 1.29 is 23.1 Å². The molecular formula is C18H28N2O5S. The third kappa shape index (κ3) is 4.82. The van der Waals surface area contributed by atoms with Gasteiger partial charge < -0.3 is 10.4 Å². The van der Waals surface area contributed by atoms with Crippen molar-refractivity contribution >= 4 is 21.9 Å². The Hall–Kier alpha value is -1.93. The lowest BCUT2D eigenvalue weighted by molar-refractivity contribution is -0.140. The van der Waals surface area contributed by atoms with E-state index in [1.54, 1.807) is 33.8 Å². The first-order chi connectivity index (χ1) is 12.1. The first-order valence-corrected chi connectivity index (χ1v) is 10.2. The van der Waals surface area contributed by atoms with Crippen LogP contribution in [0.15, 0.2) is 23.1 Å². The van der Waals surface area contributed by atoms with Gasteiger partial charge in [0.2, 0.25) is 10.0 Å². The van der Waals surface area contributed by atoms with E-state index in [0.717, 1.165) is 0 Å². The fourth-order valence-corrected chi connectivity index (χ4v) is 4.11. The molecule has 0 spiro atoms. The average Bonchev–Trinajstić information content (AvgIpc) is 2.59. The van der Waals surface area contributed by atoms with Crippen LogP contribution in [0.2, 0.25) is 0 Å². The number of rotatable bonds is 9. The molecule has 0 aromatic heterocycles. The second-order valence-electron chi connectivity index (χ2n) is 6.24. The number of carbonyl (C=O) groups excluding carboxylic acids is 1. The first kappa shape index (κ1) is 22.1. The molecule has 2 N–H and O–H groups in total. The van der Waals surface area contributed by atoms with Crippen LogP contribution in [0.3, 0.4) is 0 Å². The molecule has 0 heterocycles. The van der Waals surface area contributed by atoms with Crippen LogP contribution in [0.4, 0.5) is 0 Å². The number of sulfonamides is 1. The quantitative estimate of drug-likeness (QED) is 0.680. The minimum Gasteiger partial charge on any atom is -0.480 e. The number of amides is 1. The number of benzene rings is 1. The summed E-state index contributed by atoms with van der Waals surface area (Å²) < 4.78 is 26.6. The Morgan fingerprint density at radius 1 is 1.19 bits per heavy atom. The maximum absolute atomic E-state index is 12.7. The molecule has 1 amide bonds. The standard InChI is InChI=1S/C18H28N2O5S/c1-6-12(4)16(18(22)23)19-17(21)15-11-14(10-9-13(15)5)26(24,25)20(7-2)8-3/h9-12,16H,6-8H2,1-5H3,(H,19,21)(H,22,23). The minimum absolute atomic E-state index is 0.0207. The zero-order chi connectivity index (χ0) is 20.1. The number of hydrogen-bond acceptors (Lipinski definition) is 4. The lowest BCUT2D eigenvalue weighted by Gasteiger charge is -2.22. The number of carboxylic acid groups (broad SMARTS) is 1. The Labute approximate surface area is 155 Å². The summed E-state index contributed by atoms with van der Waals surface area (Å²) in [6.45, 7) is 9.40. The summed E-state index contributed by atoms with van der Waals surface area (Å²) in [7, 11) is -3.70. The van der Waals surface area contributed by atoms with E-state index in [0.29, 0.717) is 25.1 Å². The molecule has 0 aliphatic rings. The molecule has 0 bridgehead atoms. The topological polar surface area (TPSA) is 104 Å². The summed E-state index contributed by atoms with van der Waals surface area (Å²) in [6, 6.07) is 3.30. The fraction of sp³-hybridized carbons (Fsp3) is 0.556. The van der Waals surface area contributed by atoms with Crippen molar-refractivity contribution in [1.82, 2.24) is 9.62 Å². The van der Waals surface area contributed by atoms with Gasteiger partial charge in [0, 0.05) is 18.7 Å². The number of nitrogens with zero attached hydrogens (tertiary/aromatic N) is 1. The summed E-state index contributed by atoms with van der Waals surface area (Å²) in [5, 5.41) is 11.9. The van der Waals surface area contributed by atoms with Crippen LogP contribution in [0.25, 0.3) is 0 Å². The van der Waals surface area contributed by atoms with Crippen LogP contribution in [-0.2, 0) is 14.8 Å². The second-order valence-corrected chi connectivity index (χ2v) is 8.18. The molecule has 7 nitrogen and oxygen atoms in total. The van der Waals surface area contributed by atoms with Gasteiger partial charge in [-0.05, 0) is 30.5 Å². The van der Waals surface area contributed by atoms with E-state index in [9.17, 15) is 23.1 Å². The third-order valence-corrected chi connectivity index (χ3v) is 6.61. The minimum atomic E-state index is -3.70. The maximum atomic E-state index is 12.7. The lowest BCUT2D eigenvalue weighted by Crippen LogP contribution is -2.45. The highest BCUT2D eigenvalue weighted by Crippen LogP contribution is 2.20. The van der Waals surface area contributed by atoms with Gasteiger partial charge in [-0.25, -0.2) is 13.2 Å². The number of carboxylic acids is 1. The van der Waals surface area contributed by atoms with Gasteiger partial charge in [-0.2, -0.15) is 4.31 Å². The Morgan fingerprint density at radius 3 is 2.23 bits per heavy atom. The number of aliphatic carboxylic acids is 1. The van der Waals surface area contributed by atoms with Crippen molar-refractivity contribution in [3.05, 3.63) is 29.3 Å². The Morgan fingerprint density at radius 2 is 1.77 bits per heavy atom. The monoisotopic (exact) mass is 384 g/mol. The van der Waals surface area contributed by atoms with Gasteiger partial charge >= 0.3 is 5.97 Å². The number of aryl methyl sites for hydroxylation is 1. The molecule has 0 fully saturated rings. The van der Waals surface area contributed by atoms with Gasteiger partial charge in [0.05, 0.1) is 4.90 Å². The van der Waals surface area contributed by atoms with Gasteiger partial charge in [-0.1, -0.05) is 40.2 Å². The highest BCUT2D eigenvalue weighted by atomic mass is 32.2. The molecule has 8 heteroatoms. The van der Waals surface area contributed by atoms with E-state index >= 15 is 0 Å². The van der Waals surface area contributed by atoms with E-state index in [-0.39, 0.29) is 16.4 Å². The number of nitrogens with one attached hydrogen (secondary N) is 1. The second kappa shape index (κ2) is 9.14. The predicted molar refractivity (Wildman–Crippen MR) is 99.6 cm³/mol. The highest BCUT2D eigenvalue weighted by Gasteiger charge is 2.28. The average molecular weight is 384 g/mol. The predicted octanol–water partition coefficient (Wildman–Crippen LogP) is 2.25. The summed E-state index contributed by atoms with van der Waals surface area (Å²) >= 11 is 0. The smallest absolute Gasteiger partial charge is 0.326 e. The van der Waals surface area contributed by atoms with E-state index in [1.165, 1.54) is 16.4 Å². The van der Waals surface area contributed by atoms with Crippen molar-refractivity contribution in [3.63, 3.8) is 0 Å². The summed E-state index contributed by atoms with van der Waals surface area (Å²) in [5.74, 6) is -1.96. The van der Waals surface area contributed by atoms with E-state index in [1.807, 2.05) is 6.92 Å². The van der Waals surface area contributed by atoms with Crippen LogP contribution < -0.4 is 5.32 Å². The molecule has 2 atom stereocenters. The van der Waals surface area contributed by atoms with Gasteiger partial charge in [0.25, 0.3) is 5.91 Å². The van der Waals surface area contributed by atoms with E-state index < -0.39 is 27.9 Å². The summed E-state index contributed by atoms with van der Waals surface area (Å²) in [5.41, 5.74) is 0.738. The van der Waals surface area contributed by atoms with Crippen molar-refractivity contribution in [2.75, 3.05) is 13.1 Å². The van der Waals surface area contributed by atoms with Gasteiger partial charge in [-0.15, -0.1) is 0 Å². The highest BCUT2D eigenvalue weighted by molar-refractivity contribution is 7.89. The third-order valence-electron chi connectivity index (χ3n) is 4.56. The van der Waals surface area contributed by atoms with Crippen LogP contribution in [0, 0.1) is 12.8 Å². The van der Waals surface area contributed by atoms with Crippen molar-refractivity contribution in [2.45, 2.75) is 52.0 Å². The molecule has 0 radical (unpaired) electrons.